The summed E-state index contributed by atoms with van der Waals surface area (Å²) in [7, 11) is 0. The number of unbranched alkanes of at least 4 members (excludes halogenated alkanes) is 1. The number of hydrogen-bond donors (Lipinski definition) is 0. The summed E-state index contributed by atoms with van der Waals surface area (Å²) in [5.41, 5.74) is 0. The SMILES string of the molecule is CCCC.CCC[N-]CCC.[Y]. The van der Waals surface area contributed by atoms with E-state index in [4.69, 9.17) is 0 Å². The maximum absolute atomic E-state index is 4.21. The monoisotopic (exact) mass is 247 g/mol. The van der Waals surface area contributed by atoms with Crippen molar-refractivity contribution in [3.05, 3.63) is 5.32 Å². The molecule has 0 fully saturated rings. The van der Waals surface area contributed by atoms with Gasteiger partial charge in [-0.25, -0.2) is 0 Å². The second kappa shape index (κ2) is 22.7. The van der Waals surface area contributed by atoms with Gasteiger partial charge in [-0.1, -0.05) is 53.4 Å². The van der Waals surface area contributed by atoms with Crippen molar-refractivity contribution in [3.8, 4) is 0 Å². The van der Waals surface area contributed by atoms with Gasteiger partial charge >= 0.3 is 0 Å². The molecule has 0 unspecified atom stereocenters. The molecule has 1 radical (unpaired) electrons. The van der Waals surface area contributed by atoms with Crippen LogP contribution in [0.2, 0.25) is 0 Å². The topological polar surface area (TPSA) is 14.1 Å². The molecule has 0 bridgehead atoms. The molecule has 0 atom stereocenters. The first-order valence-corrected chi connectivity index (χ1v) is 4.96. The summed E-state index contributed by atoms with van der Waals surface area (Å²) < 4.78 is 0. The third kappa shape index (κ3) is 30.5. The normalized spacial score (nSPS) is 8.00. The molecule has 12 heavy (non-hydrogen) atoms. The summed E-state index contributed by atoms with van der Waals surface area (Å²) >= 11 is 0. The van der Waals surface area contributed by atoms with Crippen molar-refractivity contribution in [1.82, 2.24) is 0 Å². The zero-order chi connectivity index (χ0) is 8.95. The van der Waals surface area contributed by atoms with Crippen molar-refractivity contribution < 1.29 is 32.7 Å². The number of nitrogens with zero attached hydrogens (tertiary/aromatic N) is 1. The second-order valence-corrected chi connectivity index (χ2v) is 2.67. The third-order valence-corrected chi connectivity index (χ3v) is 1.26. The van der Waals surface area contributed by atoms with Crippen LogP contribution in [-0.4, -0.2) is 13.1 Å². The van der Waals surface area contributed by atoms with Crippen LogP contribution in [0.15, 0.2) is 0 Å². The molecule has 0 aliphatic heterocycles. The van der Waals surface area contributed by atoms with Gasteiger partial charge in [-0.2, -0.15) is 0 Å². The summed E-state index contributed by atoms with van der Waals surface area (Å²) in [6.07, 6.45) is 5.03. The van der Waals surface area contributed by atoms with Gasteiger partial charge < -0.3 is 5.32 Å². The van der Waals surface area contributed by atoms with Gasteiger partial charge in [0.2, 0.25) is 0 Å². The van der Waals surface area contributed by atoms with Crippen LogP contribution in [0.25, 0.3) is 5.32 Å². The Labute approximate surface area is 104 Å². The van der Waals surface area contributed by atoms with Crippen molar-refractivity contribution >= 4 is 0 Å². The molecule has 73 valence electrons. The average Bonchev–Trinajstić information content (AvgIpc) is 2.06. The Morgan fingerprint density at radius 2 is 1.00 bits per heavy atom. The van der Waals surface area contributed by atoms with E-state index >= 15 is 0 Å². The smallest absolute Gasteiger partial charge is 0 e. The fourth-order valence-corrected chi connectivity index (χ4v) is 0.428. The zero-order valence-electron chi connectivity index (χ0n) is 9.27. The number of hydrogen-bond acceptors (Lipinski definition) is 0. The summed E-state index contributed by atoms with van der Waals surface area (Å²) in [4.78, 5) is 0. The third-order valence-electron chi connectivity index (χ3n) is 1.26. The zero-order valence-corrected chi connectivity index (χ0v) is 12.1. The first kappa shape index (κ1) is 18.8. The predicted octanol–water partition coefficient (Wildman–Crippen LogP) is 3.98. The van der Waals surface area contributed by atoms with Crippen LogP contribution < -0.4 is 0 Å². The molecule has 0 saturated heterocycles. The molecule has 0 aromatic heterocycles. The van der Waals surface area contributed by atoms with Gasteiger partial charge in [0.25, 0.3) is 0 Å². The van der Waals surface area contributed by atoms with E-state index in [1.54, 1.807) is 0 Å². The van der Waals surface area contributed by atoms with Crippen LogP contribution in [0.5, 0.6) is 0 Å². The molecule has 0 spiro atoms. The van der Waals surface area contributed by atoms with E-state index in [1.807, 2.05) is 0 Å². The first-order chi connectivity index (χ1) is 5.33. The van der Waals surface area contributed by atoms with Crippen molar-refractivity contribution in [2.75, 3.05) is 13.1 Å². The van der Waals surface area contributed by atoms with E-state index in [9.17, 15) is 0 Å². The van der Waals surface area contributed by atoms with E-state index in [2.05, 4.69) is 33.0 Å². The largest absolute Gasteiger partial charge is 0.662 e. The molecule has 1 nitrogen and oxygen atoms in total. The summed E-state index contributed by atoms with van der Waals surface area (Å²) in [6, 6.07) is 0. The molecule has 0 heterocycles. The van der Waals surface area contributed by atoms with Crippen LogP contribution in [0.4, 0.5) is 0 Å². The fraction of sp³-hybridized carbons (Fsp3) is 1.00. The maximum atomic E-state index is 4.21. The van der Waals surface area contributed by atoms with Crippen molar-refractivity contribution in [3.63, 3.8) is 0 Å². The van der Waals surface area contributed by atoms with Gasteiger partial charge in [-0.15, -0.1) is 13.1 Å². The molecular formula is C10H24NY-. The van der Waals surface area contributed by atoms with E-state index < -0.39 is 0 Å². The van der Waals surface area contributed by atoms with E-state index in [1.165, 1.54) is 25.7 Å². The van der Waals surface area contributed by atoms with Crippen LogP contribution in [0, 0.1) is 0 Å². The molecule has 0 saturated carbocycles. The van der Waals surface area contributed by atoms with Crippen LogP contribution >= 0.6 is 0 Å². The fourth-order valence-electron chi connectivity index (χ4n) is 0.428. The Hall–Kier alpha value is 1.06. The van der Waals surface area contributed by atoms with E-state index in [0.717, 1.165) is 13.1 Å². The quantitative estimate of drug-likeness (QED) is 0.652. The van der Waals surface area contributed by atoms with Crippen molar-refractivity contribution in [2.45, 2.75) is 53.4 Å². The summed E-state index contributed by atoms with van der Waals surface area (Å²) in [5, 5.41) is 4.21. The van der Waals surface area contributed by atoms with E-state index in [-0.39, 0.29) is 32.7 Å². The van der Waals surface area contributed by atoms with Gasteiger partial charge in [0.1, 0.15) is 0 Å². The van der Waals surface area contributed by atoms with Gasteiger partial charge in [-0.3, -0.25) is 0 Å². The molecular weight excluding hydrogens is 223 g/mol. The molecule has 0 rings (SSSR count). The van der Waals surface area contributed by atoms with Crippen LogP contribution in [0.3, 0.4) is 0 Å². The van der Waals surface area contributed by atoms with Crippen molar-refractivity contribution in [1.29, 1.82) is 0 Å². The summed E-state index contributed by atoms with van der Waals surface area (Å²) in [6.45, 7) is 10.8. The Kier molecular flexibility index (Phi) is 35.5. The van der Waals surface area contributed by atoms with Gasteiger partial charge in [0.05, 0.1) is 0 Å². The minimum atomic E-state index is 0. The van der Waals surface area contributed by atoms with E-state index in [0.29, 0.717) is 0 Å². The summed E-state index contributed by atoms with van der Waals surface area (Å²) in [5.74, 6) is 0. The Morgan fingerprint density at radius 3 is 1.17 bits per heavy atom. The van der Waals surface area contributed by atoms with Gasteiger partial charge in [0.15, 0.2) is 0 Å². The van der Waals surface area contributed by atoms with Crippen LogP contribution in [0.1, 0.15) is 53.4 Å². The Balaban J connectivity index is -0.000000142. The van der Waals surface area contributed by atoms with Crippen LogP contribution in [-0.2, 0) is 32.7 Å². The molecule has 0 aliphatic rings. The molecule has 0 aromatic carbocycles. The molecule has 0 amide bonds. The Morgan fingerprint density at radius 1 is 0.667 bits per heavy atom. The van der Waals surface area contributed by atoms with Gasteiger partial charge in [-0.05, 0) is 0 Å². The van der Waals surface area contributed by atoms with Crippen molar-refractivity contribution in [2.24, 2.45) is 0 Å². The Bertz CT molecular complexity index is 43.1. The standard InChI is InChI=1S/C6H14N.C4H10.Y/c1-3-5-7-6-4-2;1-3-4-2;/h3-6H2,1-2H3;3-4H2,1-2H3;/q-1;;. The minimum absolute atomic E-state index is 0. The predicted molar refractivity (Wildman–Crippen MR) is 54.3 cm³/mol. The number of rotatable bonds is 5. The molecule has 2 heteroatoms. The molecule has 0 aliphatic carbocycles. The maximum Gasteiger partial charge on any atom is 0 e. The van der Waals surface area contributed by atoms with Gasteiger partial charge in [0, 0.05) is 32.7 Å². The second-order valence-electron chi connectivity index (χ2n) is 2.67. The average molecular weight is 247 g/mol. The minimum Gasteiger partial charge on any atom is -0.662 e. The molecule has 0 N–H and O–H groups in total. The molecule has 0 aromatic rings. The first-order valence-electron chi connectivity index (χ1n) is 4.96.